The highest BCUT2D eigenvalue weighted by molar-refractivity contribution is 7.89. The molecular weight excluding hydrogens is 538 g/mol. The summed E-state index contributed by atoms with van der Waals surface area (Å²) in [7, 11) is -3.74. The highest BCUT2D eigenvalue weighted by Gasteiger charge is 2.32. The summed E-state index contributed by atoms with van der Waals surface area (Å²) < 4.78 is 41.2. The summed E-state index contributed by atoms with van der Waals surface area (Å²) in [5, 5.41) is 2.03. The lowest BCUT2D eigenvalue weighted by Gasteiger charge is -2.34. The minimum Gasteiger partial charge on any atom is -0.465 e. The molecule has 1 aliphatic heterocycles. The number of hydrogen-bond acceptors (Lipinski definition) is 7. The summed E-state index contributed by atoms with van der Waals surface area (Å²) >= 11 is 1.32. The highest BCUT2D eigenvalue weighted by Crippen LogP contribution is 2.28. The zero-order chi connectivity index (χ0) is 27.7. The van der Waals surface area contributed by atoms with Crippen molar-refractivity contribution in [3.63, 3.8) is 0 Å². The molecule has 1 amide bonds. The van der Waals surface area contributed by atoms with Gasteiger partial charge in [-0.25, -0.2) is 8.42 Å². The van der Waals surface area contributed by atoms with E-state index in [1.165, 1.54) is 39.9 Å². The van der Waals surface area contributed by atoms with Crippen LogP contribution in [0.2, 0.25) is 0 Å². The predicted octanol–water partition coefficient (Wildman–Crippen LogP) is 3.96. The van der Waals surface area contributed by atoms with Crippen molar-refractivity contribution < 1.29 is 27.5 Å². The number of sulfonamides is 1. The number of hydrogen-bond donors (Lipinski definition) is 0. The Kier molecular flexibility index (Phi) is 7.68. The van der Waals surface area contributed by atoms with E-state index in [9.17, 15) is 18.0 Å². The maximum Gasteiger partial charge on any atom is 0.326 e. The predicted molar refractivity (Wildman–Crippen MR) is 149 cm³/mol. The lowest BCUT2D eigenvalue weighted by atomic mass is 10.1. The van der Waals surface area contributed by atoms with Crippen LogP contribution in [-0.4, -0.2) is 61.1 Å². The number of esters is 1. The molecule has 0 spiro atoms. The maximum atomic E-state index is 13.2. The van der Waals surface area contributed by atoms with Gasteiger partial charge < -0.3 is 14.0 Å². The first-order valence-corrected chi connectivity index (χ1v) is 14.9. The quantitative estimate of drug-likeness (QED) is 0.327. The first kappa shape index (κ1) is 27.2. The highest BCUT2D eigenvalue weighted by atomic mass is 32.2. The molecule has 0 aliphatic carbocycles. The third kappa shape index (κ3) is 5.53. The van der Waals surface area contributed by atoms with Crippen molar-refractivity contribution in [1.82, 2.24) is 8.87 Å². The second-order valence-corrected chi connectivity index (χ2v) is 12.3. The number of thiazole rings is 1. The number of benzene rings is 3. The molecule has 2 heterocycles. The summed E-state index contributed by atoms with van der Waals surface area (Å²) in [6.45, 7) is 6.10. The molecule has 1 fully saturated rings. The van der Waals surface area contributed by atoms with Crippen LogP contribution in [0.5, 0.6) is 0 Å². The Morgan fingerprint density at radius 1 is 1.03 bits per heavy atom. The summed E-state index contributed by atoms with van der Waals surface area (Å²) in [5.74, 6) is -0.971. The Hall–Kier alpha value is -3.38. The molecule has 39 heavy (non-hydrogen) atoms. The summed E-state index contributed by atoms with van der Waals surface area (Å²) in [4.78, 5) is 30.4. The Labute approximate surface area is 230 Å². The van der Waals surface area contributed by atoms with Gasteiger partial charge in [0.2, 0.25) is 10.0 Å². The molecule has 0 saturated carbocycles. The minimum absolute atomic E-state index is 0.0914. The van der Waals surface area contributed by atoms with Gasteiger partial charge in [-0.2, -0.15) is 9.30 Å². The standard InChI is InChI=1S/C28H29N3O6S2/c1-4-36-25(32)17-31-24-14-11-20-7-5-6-8-23(20)26(24)38-28(31)29-27(33)21-9-12-22(13-10-21)39(34,35)30-15-18(2)37-19(3)16-30/h5-14,18-19H,4,15-17H2,1-3H3. The van der Waals surface area contributed by atoms with E-state index >= 15 is 0 Å². The maximum absolute atomic E-state index is 13.2. The molecule has 204 valence electrons. The molecule has 2 atom stereocenters. The Morgan fingerprint density at radius 3 is 2.41 bits per heavy atom. The van der Waals surface area contributed by atoms with Gasteiger partial charge in [-0.1, -0.05) is 41.7 Å². The first-order chi connectivity index (χ1) is 18.7. The summed E-state index contributed by atoms with van der Waals surface area (Å²) in [6.07, 6.45) is -0.411. The van der Waals surface area contributed by atoms with Gasteiger partial charge in [0.15, 0.2) is 4.80 Å². The van der Waals surface area contributed by atoms with Crippen LogP contribution in [0.4, 0.5) is 0 Å². The Bertz CT molecular complexity index is 1710. The molecule has 9 nitrogen and oxygen atoms in total. The van der Waals surface area contributed by atoms with Crippen molar-refractivity contribution in [2.45, 2.75) is 44.4 Å². The minimum atomic E-state index is -3.74. The van der Waals surface area contributed by atoms with E-state index in [-0.39, 0.29) is 48.9 Å². The van der Waals surface area contributed by atoms with E-state index in [1.54, 1.807) is 11.5 Å². The second-order valence-electron chi connectivity index (χ2n) is 9.43. The Balaban J connectivity index is 1.50. The van der Waals surface area contributed by atoms with Gasteiger partial charge in [-0.05, 0) is 56.5 Å². The lowest BCUT2D eigenvalue weighted by molar-refractivity contribution is -0.143. The van der Waals surface area contributed by atoms with Crippen LogP contribution < -0.4 is 4.80 Å². The van der Waals surface area contributed by atoms with Gasteiger partial charge in [-0.15, -0.1) is 0 Å². The average Bonchev–Trinajstić information content (AvgIpc) is 3.25. The molecular formula is C28H29N3O6S2. The molecule has 5 rings (SSSR count). The van der Waals surface area contributed by atoms with E-state index in [0.29, 0.717) is 4.80 Å². The van der Waals surface area contributed by atoms with Crippen LogP contribution >= 0.6 is 11.3 Å². The second kappa shape index (κ2) is 11.0. The number of aromatic nitrogens is 1. The SMILES string of the molecule is CCOC(=O)Cn1c(=NC(=O)c2ccc(S(=O)(=O)N3CC(C)OC(C)C3)cc2)sc2c3ccccc3ccc21. The molecule has 1 aliphatic rings. The topological polar surface area (TPSA) is 107 Å². The third-order valence-corrected chi connectivity index (χ3v) is 9.46. The van der Waals surface area contributed by atoms with Gasteiger partial charge in [0.1, 0.15) is 6.54 Å². The van der Waals surface area contributed by atoms with Gasteiger partial charge in [0.05, 0.1) is 33.9 Å². The third-order valence-electron chi connectivity index (χ3n) is 6.49. The van der Waals surface area contributed by atoms with Crippen LogP contribution in [0.25, 0.3) is 21.0 Å². The van der Waals surface area contributed by atoms with Crippen molar-refractivity contribution in [2.24, 2.45) is 4.99 Å². The van der Waals surface area contributed by atoms with E-state index < -0.39 is 21.9 Å². The van der Waals surface area contributed by atoms with Crippen LogP contribution in [0.1, 0.15) is 31.1 Å². The number of ether oxygens (including phenoxy) is 2. The fraction of sp³-hybridized carbons (Fsp3) is 0.321. The normalized spacial score (nSPS) is 19.0. The van der Waals surface area contributed by atoms with E-state index in [4.69, 9.17) is 9.47 Å². The zero-order valence-corrected chi connectivity index (χ0v) is 23.5. The first-order valence-electron chi connectivity index (χ1n) is 12.7. The molecule has 1 aromatic heterocycles. The largest absolute Gasteiger partial charge is 0.465 e. The van der Waals surface area contributed by atoms with Gasteiger partial charge in [-0.3, -0.25) is 9.59 Å². The number of carbonyl (C=O) groups is 2. The van der Waals surface area contributed by atoms with Crippen LogP contribution in [0, 0.1) is 0 Å². The van der Waals surface area contributed by atoms with Crippen molar-refractivity contribution in [3.05, 3.63) is 71.0 Å². The molecule has 3 aromatic carbocycles. The molecule has 0 N–H and O–H groups in total. The van der Waals surface area contributed by atoms with Crippen molar-refractivity contribution in [3.8, 4) is 0 Å². The summed E-state index contributed by atoms with van der Waals surface area (Å²) in [5.41, 5.74) is 1.01. The smallest absolute Gasteiger partial charge is 0.326 e. The molecule has 0 bridgehead atoms. The van der Waals surface area contributed by atoms with Crippen LogP contribution in [0.3, 0.4) is 0 Å². The molecule has 4 aromatic rings. The molecule has 1 saturated heterocycles. The van der Waals surface area contributed by atoms with Gasteiger partial charge in [0.25, 0.3) is 5.91 Å². The van der Waals surface area contributed by atoms with E-state index in [0.717, 1.165) is 21.0 Å². The van der Waals surface area contributed by atoms with Crippen LogP contribution in [-0.2, 0) is 30.8 Å². The molecule has 11 heteroatoms. The fourth-order valence-electron chi connectivity index (χ4n) is 4.77. The lowest BCUT2D eigenvalue weighted by Crippen LogP contribution is -2.48. The Morgan fingerprint density at radius 2 is 1.72 bits per heavy atom. The molecule has 2 unspecified atom stereocenters. The number of morpholine rings is 1. The van der Waals surface area contributed by atoms with Crippen molar-refractivity contribution >= 4 is 54.2 Å². The van der Waals surface area contributed by atoms with E-state index in [1.807, 2.05) is 50.2 Å². The number of fused-ring (bicyclic) bond motifs is 3. The molecule has 0 radical (unpaired) electrons. The van der Waals surface area contributed by atoms with Crippen molar-refractivity contribution in [1.29, 1.82) is 0 Å². The number of amides is 1. The van der Waals surface area contributed by atoms with Crippen LogP contribution in [0.15, 0.2) is 70.6 Å². The zero-order valence-electron chi connectivity index (χ0n) is 21.9. The van der Waals surface area contributed by atoms with Gasteiger partial charge >= 0.3 is 5.97 Å². The number of nitrogens with zero attached hydrogens (tertiary/aromatic N) is 3. The summed E-state index contributed by atoms with van der Waals surface area (Å²) in [6, 6.07) is 17.5. The number of carbonyl (C=O) groups excluding carboxylic acids is 2. The fourth-order valence-corrected chi connectivity index (χ4v) is 7.52. The van der Waals surface area contributed by atoms with Crippen molar-refractivity contribution in [2.75, 3.05) is 19.7 Å². The van der Waals surface area contributed by atoms with Gasteiger partial charge in [0, 0.05) is 24.0 Å². The van der Waals surface area contributed by atoms with E-state index in [2.05, 4.69) is 4.99 Å². The number of rotatable bonds is 6. The monoisotopic (exact) mass is 567 g/mol. The average molecular weight is 568 g/mol.